The third kappa shape index (κ3) is 2.10. The van der Waals surface area contributed by atoms with Gasteiger partial charge in [-0.15, -0.1) is 0 Å². The first-order chi connectivity index (χ1) is 4.43. The van der Waals surface area contributed by atoms with Gasteiger partial charge >= 0.3 is 0 Å². The second-order valence-electron chi connectivity index (χ2n) is 1.76. The summed E-state index contributed by atoms with van der Waals surface area (Å²) in [6.45, 7) is 2.17. The molecule has 0 spiro atoms. The lowest BCUT2D eigenvalue weighted by Gasteiger charge is -1.95. The van der Waals surface area contributed by atoms with Crippen molar-refractivity contribution in [3.63, 3.8) is 0 Å². The Balaban J connectivity index is 2.30. The molecule has 0 amide bonds. The molecule has 50 valence electrons. The zero-order chi connectivity index (χ0) is 6.53. The largest absolute Gasteiger partial charge is 0.280 e. The van der Waals surface area contributed by atoms with Crippen LogP contribution in [0.4, 0.5) is 0 Å². The van der Waals surface area contributed by atoms with Gasteiger partial charge in [-0.3, -0.25) is 3.97 Å². The third-order valence-corrected chi connectivity index (χ3v) is 2.03. The minimum atomic E-state index is 1.16. The summed E-state index contributed by atoms with van der Waals surface area (Å²) in [6.07, 6.45) is 6.78. The molecule has 0 aliphatic carbocycles. The van der Waals surface area contributed by atoms with Crippen LogP contribution in [0.2, 0.25) is 0 Å². The lowest BCUT2D eigenvalue weighted by Crippen LogP contribution is -1.82. The highest BCUT2D eigenvalue weighted by Crippen LogP contribution is 2.04. The summed E-state index contributed by atoms with van der Waals surface area (Å²) in [5.41, 5.74) is 0. The van der Waals surface area contributed by atoms with Crippen molar-refractivity contribution in [2.45, 2.75) is 13.3 Å². The summed E-state index contributed by atoms with van der Waals surface area (Å²) in [4.78, 5) is 3.92. The van der Waals surface area contributed by atoms with E-state index in [0.29, 0.717) is 0 Å². The highest BCUT2D eigenvalue weighted by atomic mass is 32.2. The fourth-order valence-electron chi connectivity index (χ4n) is 0.520. The average molecular weight is 142 g/mol. The molecule has 1 aromatic heterocycles. The van der Waals surface area contributed by atoms with Crippen LogP contribution >= 0.6 is 11.9 Å². The van der Waals surface area contributed by atoms with Crippen molar-refractivity contribution in [2.75, 3.05) is 5.75 Å². The minimum absolute atomic E-state index is 1.16. The van der Waals surface area contributed by atoms with Gasteiger partial charge in [0.15, 0.2) is 0 Å². The van der Waals surface area contributed by atoms with Crippen molar-refractivity contribution in [1.29, 1.82) is 0 Å². The Hall–Kier alpha value is -0.440. The molecule has 0 aliphatic heterocycles. The van der Waals surface area contributed by atoms with E-state index in [4.69, 9.17) is 0 Å². The first-order valence-electron chi connectivity index (χ1n) is 3.04. The summed E-state index contributed by atoms with van der Waals surface area (Å²) < 4.78 is 2.02. The van der Waals surface area contributed by atoms with Crippen LogP contribution in [0, 0.1) is 0 Å². The third-order valence-electron chi connectivity index (χ3n) is 0.925. The van der Waals surface area contributed by atoms with E-state index >= 15 is 0 Å². The van der Waals surface area contributed by atoms with Gasteiger partial charge in [0.1, 0.15) is 6.33 Å². The maximum absolute atomic E-state index is 3.92. The van der Waals surface area contributed by atoms with Crippen molar-refractivity contribution >= 4 is 11.9 Å². The van der Waals surface area contributed by atoms with Gasteiger partial charge in [-0.25, -0.2) is 4.98 Å². The molecule has 1 rings (SSSR count). The summed E-state index contributed by atoms with van der Waals surface area (Å²) in [5, 5.41) is 0. The quantitative estimate of drug-likeness (QED) is 0.640. The van der Waals surface area contributed by atoms with Crippen molar-refractivity contribution in [3.8, 4) is 0 Å². The van der Waals surface area contributed by atoms with Crippen molar-refractivity contribution in [2.24, 2.45) is 0 Å². The van der Waals surface area contributed by atoms with Crippen molar-refractivity contribution < 1.29 is 0 Å². The van der Waals surface area contributed by atoms with Crippen LogP contribution in [0.15, 0.2) is 18.7 Å². The van der Waals surface area contributed by atoms with Gasteiger partial charge in [0.05, 0.1) is 0 Å². The van der Waals surface area contributed by atoms with Crippen LogP contribution in [-0.2, 0) is 0 Å². The topological polar surface area (TPSA) is 17.8 Å². The monoisotopic (exact) mass is 142 g/mol. The fraction of sp³-hybridized carbons (Fsp3) is 0.500. The van der Waals surface area contributed by atoms with Gasteiger partial charge in [-0.05, 0) is 18.4 Å². The minimum Gasteiger partial charge on any atom is -0.280 e. The Morgan fingerprint density at radius 2 is 2.56 bits per heavy atom. The maximum Gasteiger partial charge on any atom is 0.105 e. The molecule has 0 fully saturated rings. The molecule has 0 unspecified atom stereocenters. The van der Waals surface area contributed by atoms with Crippen LogP contribution in [0.1, 0.15) is 13.3 Å². The highest BCUT2D eigenvalue weighted by Gasteiger charge is 1.86. The average Bonchev–Trinajstić information content (AvgIpc) is 2.34. The van der Waals surface area contributed by atoms with Crippen LogP contribution in [0.25, 0.3) is 0 Å². The molecule has 0 bridgehead atoms. The van der Waals surface area contributed by atoms with Gasteiger partial charge < -0.3 is 0 Å². The van der Waals surface area contributed by atoms with Crippen LogP contribution in [-0.4, -0.2) is 14.7 Å². The predicted molar refractivity (Wildman–Crippen MR) is 40.4 cm³/mol. The van der Waals surface area contributed by atoms with Crippen LogP contribution < -0.4 is 0 Å². The maximum atomic E-state index is 3.92. The van der Waals surface area contributed by atoms with Gasteiger partial charge in [-0.1, -0.05) is 6.92 Å². The summed E-state index contributed by atoms with van der Waals surface area (Å²) in [5.74, 6) is 1.16. The summed E-state index contributed by atoms with van der Waals surface area (Å²) in [7, 11) is 0. The zero-order valence-electron chi connectivity index (χ0n) is 5.45. The number of imidazole rings is 1. The Labute approximate surface area is 59.4 Å². The van der Waals surface area contributed by atoms with E-state index in [-0.39, 0.29) is 0 Å². The van der Waals surface area contributed by atoms with Gasteiger partial charge in [0.25, 0.3) is 0 Å². The molecule has 3 heteroatoms. The van der Waals surface area contributed by atoms with Crippen molar-refractivity contribution in [3.05, 3.63) is 18.7 Å². The molecule has 0 N–H and O–H groups in total. The Morgan fingerprint density at radius 1 is 1.67 bits per heavy atom. The number of hydrogen-bond donors (Lipinski definition) is 0. The van der Waals surface area contributed by atoms with Gasteiger partial charge in [0, 0.05) is 18.1 Å². The molecule has 1 heterocycles. The molecule has 0 saturated heterocycles. The van der Waals surface area contributed by atoms with E-state index in [9.17, 15) is 0 Å². The standard InChI is InChI=1S/C6H10N2S/c1-2-5-9-8-4-3-7-6-8/h3-4,6H,2,5H2,1H3. The first-order valence-corrected chi connectivity index (χ1v) is 3.99. The fourth-order valence-corrected chi connectivity index (χ4v) is 1.17. The molecule has 0 atom stereocenters. The number of hydrogen-bond acceptors (Lipinski definition) is 2. The van der Waals surface area contributed by atoms with Crippen molar-refractivity contribution in [1.82, 2.24) is 8.96 Å². The number of aromatic nitrogens is 2. The number of nitrogens with zero attached hydrogens (tertiary/aromatic N) is 2. The molecule has 0 aromatic carbocycles. The number of rotatable bonds is 3. The van der Waals surface area contributed by atoms with E-state index in [0.717, 1.165) is 5.75 Å². The second kappa shape index (κ2) is 3.56. The van der Waals surface area contributed by atoms with E-state index in [2.05, 4.69) is 11.9 Å². The smallest absolute Gasteiger partial charge is 0.105 e. The molecular formula is C6H10N2S. The zero-order valence-corrected chi connectivity index (χ0v) is 6.27. The van der Waals surface area contributed by atoms with E-state index in [1.54, 1.807) is 18.1 Å². The molecule has 2 nitrogen and oxygen atoms in total. The molecule has 1 aromatic rings. The van der Waals surface area contributed by atoms with Gasteiger partial charge in [0.2, 0.25) is 0 Å². The molecule has 0 saturated carbocycles. The van der Waals surface area contributed by atoms with Crippen LogP contribution in [0.3, 0.4) is 0 Å². The van der Waals surface area contributed by atoms with E-state index in [1.807, 2.05) is 16.5 Å². The Kier molecular flexibility index (Phi) is 2.64. The SMILES string of the molecule is CCCSn1ccnc1. The Bertz CT molecular complexity index is 148. The molecule has 0 aliphatic rings. The lowest BCUT2D eigenvalue weighted by molar-refractivity contribution is 1.09. The molecule has 0 radical (unpaired) electrons. The Morgan fingerprint density at radius 3 is 3.11 bits per heavy atom. The van der Waals surface area contributed by atoms with Crippen LogP contribution in [0.5, 0.6) is 0 Å². The predicted octanol–water partition coefficient (Wildman–Crippen LogP) is 1.79. The normalized spacial score (nSPS) is 9.89. The highest BCUT2D eigenvalue weighted by molar-refractivity contribution is 7.97. The van der Waals surface area contributed by atoms with E-state index < -0.39 is 0 Å². The summed E-state index contributed by atoms with van der Waals surface area (Å²) in [6, 6.07) is 0. The van der Waals surface area contributed by atoms with Gasteiger partial charge in [-0.2, -0.15) is 0 Å². The second-order valence-corrected chi connectivity index (χ2v) is 2.84. The molecular weight excluding hydrogens is 132 g/mol. The molecule has 9 heavy (non-hydrogen) atoms. The lowest BCUT2D eigenvalue weighted by atomic mass is 10.6. The first kappa shape index (κ1) is 6.68. The summed E-state index contributed by atoms with van der Waals surface area (Å²) >= 11 is 1.78. The van der Waals surface area contributed by atoms with E-state index in [1.165, 1.54) is 6.42 Å².